The lowest BCUT2D eigenvalue weighted by Crippen LogP contribution is -2.06. The van der Waals surface area contributed by atoms with Gasteiger partial charge in [0.2, 0.25) is 0 Å². The molecule has 28 heavy (non-hydrogen) atoms. The maximum absolute atomic E-state index is 13.3. The lowest BCUT2D eigenvalue weighted by atomic mass is 9.89. The first-order valence-corrected chi connectivity index (χ1v) is 9.52. The molecule has 2 heteroatoms. The maximum Gasteiger partial charge on any atom is 0.193 e. The number of ether oxygens (including phenoxy) is 1. The van der Waals surface area contributed by atoms with Crippen molar-refractivity contribution in [3.63, 3.8) is 0 Å². The first kappa shape index (κ1) is 18.0. The Morgan fingerprint density at radius 1 is 0.786 bits per heavy atom. The fraction of sp³-hybridized carbons (Fsp3) is 0.115. The maximum atomic E-state index is 13.3. The van der Waals surface area contributed by atoms with Crippen molar-refractivity contribution in [2.75, 3.05) is 0 Å². The summed E-state index contributed by atoms with van der Waals surface area (Å²) in [5.41, 5.74) is 3.36. The van der Waals surface area contributed by atoms with Crippen LogP contribution in [0.1, 0.15) is 29.8 Å². The van der Waals surface area contributed by atoms with Crippen LogP contribution in [-0.2, 0) is 0 Å². The van der Waals surface area contributed by atoms with Crippen molar-refractivity contribution in [2.45, 2.75) is 20.0 Å². The number of ketones is 1. The number of rotatable bonds is 5. The SMILES string of the molecule is CC(C)Oc1ccc2ccc(C(=O)c3ccccc3)c(-c3ccccc3)c2c1. The highest BCUT2D eigenvalue weighted by molar-refractivity contribution is 6.17. The van der Waals surface area contributed by atoms with E-state index >= 15 is 0 Å². The van der Waals surface area contributed by atoms with E-state index in [4.69, 9.17) is 4.74 Å². The molecule has 0 saturated carbocycles. The normalized spacial score (nSPS) is 11.0. The third-order valence-electron chi connectivity index (χ3n) is 4.71. The molecule has 0 saturated heterocycles. The molecule has 0 amide bonds. The molecular formula is C26H22O2. The average Bonchev–Trinajstić information content (AvgIpc) is 2.73. The van der Waals surface area contributed by atoms with Crippen LogP contribution < -0.4 is 4.74 Å². The molecule has 0 bridgehead atoms. The summed E-state index contributed by atoms with van der Waals surface area (Å²) < 4.78 is 5.91. The quantitative estimate of drug-likeness (QED) is 0.376. The molecule has 0 atom stereocenters. The first-order valence-electron chi connectivity index (χ1n) is 9.52. The third kappa shape index (κ3) is 3.54. The second kappa shape index (κ2) is 7.69. The number of fused-ring (bicyclic) bond motifs is 1. The van der Waals surface area contributed by atoms with Crippen LogP contribution in [0.3, 0.4) is 0 Å². The molecule has 0 heterocycles. The Morgan fingerprint density at radius 2 is 1.43 bits per heavy atom. The molecule has 4 aromatic carbocycles. The van der Waals surface area contributed by atoms with Crippen molar-refractivity contribution in [1.82, 2.24) is 0 Å². The van der Waals surface area contributed by atoms with Gasteiger partial charge in [0.1, 0.15) is 5.75 Å². The number of carbonyl (C=O) groups excluding carboxylic acids is 1. The molecule has 0 unspecified atom stereocenters. The van der Waals surface area contributed by atoms with Gasteiger partial charge in [0, 0.05) is 16.7 Å². The number of benzene rings is 4. The van der Waals surface area contributed by atoms with E-state index in [-0.39, 0.29) is 11.9 Å². The van der Waals surface area contributed by atoms with Gasteiger partial charge in [-0.05, 0) is 48.4 Å². The number of hydrogen-bond donors (Lipinski definition) is 0. The van der Waals surface area contributed by atoms with Crippen molar-refractivity contribution in [2.24, 2.45) is 0 Å². The summed E-state index contributed by atoms with van der Waals surface area (Å²) in [6.45, 7) is 4.02. The van der Waals surface area contributed by atoms with Crippen LogP contribution in [0.5, 0.6) is 5.75 Å². The second-order valence-electron chi connectivity index (χ2n) is 7.10. The summed E-state index contributed by atoms with van der Waals surface area (Å²) in [6.07, 6.45) is 0.0896. The Hall–Kier alpha value is -3.39. The Labute approximate surface area is 165 Å². The molecule has 4 rings (SSSR count). The number of carbonyl (C=O) groups is 1. The average molecular weight is 366 g/mol. The molecule has 0 aliphatic heterocycles. The van der Waals surface area contributed by atoms with E-state index in [0.717, 1.165) is 27.6 Å². The standard InChI is InChI=1S/C26H22O2/c1-18(2)28-22-15-13-19-14-16-23(26(27)21-11-7-4-8-12-21)25(24(19)17-22)20-9-5-3-6-10-20/h3-18H,1-2H3. The summed E-state index contributed by atoms with van der Waals surface area (Å²) >= 11 is 0. The van der Waals surface area contributed by atoms with Crippen molar-refractivity contribution in [3.05, 3.63) is 102 Å². The highest BCUT2D eigenvalue weighted by Gasteiger charge is 2.18. The van der Waals surface area contributed by atoms with Crippen LogP contribution in [0.4, 0.5) is 0 Å². The Kier molecular flexibility index (Phi) is 4.94. The monoisotopic (exact) mass is 366 g/mol. The van der Waals surface area contributed by atoms with Gasteiger partial charge in [-0.2, -0.15) is 0 Å². The second-order valence-corrected chi connectivity index (χ2v) is 7.10. The van der Waals surface area contributed by atoms with Crippen molar-refractivity contribution >= 4 is 16.6 Å². The fourth-order valence-corrected chi connectivity index (χ4v) is 3.49. The first-order chi connectivity index (χ1) is 13.6. The Balaban J connectivity index is 1.98. The summed E-state index contributed by atoms with van der Waals surface area (Å²) in [4.78, 5) is 13.3. The van der Waals surface area contributed by atoms with Crippen molar-refractivity contribution < 1.29 is 9.53 Å². The predicted molar refractivity (Wildman–Crippen MR) is 115 cm³/mol. The highest BCUT2D eigenvalue weighted by Crippen LogP contribution is 2.35. The van der Waals surface area contributed by atoms with Crippen LogP contribution in [0.2, 0.25) is 0 Å². The van der Waals surface area contributed by atoms with Gasteiger partial charge < -0.3 is 4.74 Å². The highest BCUT2D eigenvalue weighted by atomic mass is 16.5. The molecule has 4 aromatic rings. The van der Waals surface area contributed by atoms with Crippen molar-refractivity contribution in [3.8, 4) is 16.9 Å². The van der Waals surface area contributed by atoms with Crippen LogP contribution in [0, 0.1) is 0 Å². The molecule has 0 radical (unpaired) electrons. The van der Waals surface area contributed by atoms with E-state index < -0.39 is 0 Å². The van der Waals surface area contributed by atoms with Crippen LogP contribution in [-0.4, -0.2) is 11.9 Å². The largest absolute Gasteiger partial charge is 0.491 e. The third-order valence-corrected chi connectivity index (χ3v) is 4.71. The lowest BCUT2D eigenvalue weighted by Gasteiger charge is -2.15. The van der Waals surface area contributed by atoms with Crippen LogP contribution in [0.15, 0.2) is 91.0 Å². The molecule has 0 fully saturated rings. The molecule has 2 nitrogen and oxygen atoms in total. The molecule has 0 N–H and O–H groups in total. The predicted octanol–water partition coefficient (Wildman–Crippen LogP) is 6.53. The van der Waals surface area contributed by atoms with E-state index in [1.165, 1.54) is 0 Å². The molecule has 0 aromatic heterocycles. The summed E-state index contributed by atoms with van der Waals surface area (Å²) in [5.74, 6) is 0.834. The van der Waals surface area contributed by atoms with Crippen LogP contribution in [0.25, 0.3) is 21.9 Å². The lowest BCUT2D eigenvalue weighted by molar-refractivity contribution is 0.103. The minimum atomic E-state index is 0.0246. The van der Waals surface area contributed by atoms with Gasteiger partial charge >= 0.3 is 0 Å². The van der Waals surface area contributed by atoms with Gasteiger partial charge in [0.15, 0.2) is 5.78 Å². The van der Waals surface area contributed by atoms with E-state index in [0.29, 0.717) is 11.1 Å². The van der Waals surface area contributed by atoms with E-state index in [1.807, 2.05) is 98.8 Å². The van der Waals surface area contributed by atoms with Gasteiger partial charge in [-0.3, -0.25) is 4.79 Å². The van der Waals surface area contributed by atoms with Gasteiger partial charge in [-0.1, -0.05) is 72.8 Å². The minimum Gasteiger partial charge on any atom is -0.491 e. The number of hydrogen-bond acceptors (Lipinski definition) is 2. The topological polar surface area (TPSA) is 26.3 Å². The molecular weight excluding hydrogens is 344 g/mol. The molecule has 0 spiro atoms. The van der Waals surface area contributed by atoms with E-state index in [2.05, 4.69) is 6.07 Å². The zero-order chi connectivity index (χ0) is 19.5. The van der Waals surface area contributed by atoms with Gasteiger partial charge in [-0.25, -0.2) is 0 Å². The van der Waals surface area contributed by atoms with Crippen LogP contribution >= 0.6 is 0 Å². The summed E-state index contributed by atoms with van der Waals surface area (Å²) in [5, 5.41) is 2.10. The van der Waals surface area contributed by atoms with Gasteiger partial charge in [-0.15, -0.1) is 0 Å². The fourth-order valence-electron chi connectivity index (χ4n) is 3.49. The molecule has 0 aliphatic carbocycles. The Morgan fingerprint density at radius 3 is 2.11 bits per heavy atom. The summed E-state index contributed by atoms with van der Waals surface area (Å²) in [6, 6.07) is 29.5. The molecule has 0 aliphatic rings. The molecule has 138 valence electrons. The Bertz CT molecular complexity index is 1110. The smallest absolute Gasteiger partial charge is 0.193 e. The summed E-state index contributed by atoms with van der Waals surface area (Å²) in [7, 11) is 0. The minimum absolute atomic E-state index is 0.0246. The zero-order valence-electron chi connectivity index (χ0n) is 16.1. The van der Waals surface area contributed by atoms with E-state index in [1.54, 1.807) is 0 Å². The van der Waals surface area contributed by atoms with E-state index in [9.17, 15) is 4.79 Å². The van der Waals surface area contributed by atoms with Gasteiger partial charge in [0.25, 0.3) is 0 Å². The zero-order valence-corrected chi connectivity index (χ0v) is 16.1. The van der Waals surface area contributed by atoms with Gasteiger partial charge in [0.05, 0.1) is 6.10 Å². The van der Waals surface area contributed by atoms with Crippen molar-refractivity contribution in [1.29, 1.82) is 0 Å².